The number of nitrogens with zero attached hydrogens (tertiary/aromatic N) is 4. The fraction of sp³-hybridized carbons (Fsp3) is 0.200. The highest BCUT2D eigenvalue weighted by molar-refractivity contribution is 8.15. The molecule has 2 aromatic carbocycles. The Hall–Kier alpha value is -2.34. The maximum absolute atomic E-state index is 14.6. The summed E-state index contributed by atoms with van der Waals surface area (Å²) < 4.78 is 24.3. The molecule has 1 aliphatic heterocycles. The van der Waals surface area contributed by atoms with E-state index in [0.29, 0.717) is 23.8 Å². The van der Waals surface area contributed by atoms with Gasteiger partial charge in [0.1, 0.15) is 11.7 Å². The molecule has 0 N–H and O–H groups in total. The van der Waals surface area contributed by atoms with Crippen LogP contribution in [0.2, 0.25) is 0 Å². The summed E-state index contributed by atoms with van der Waals surface area (Å²) in [6.45, 7) is 4.27. The first-order chi connectivity index (χ1) is 13.5. The SMILES string of the molecule is CCOP1(=S)c2c(C)nn(-c3ccccc3)c2N=C(c2ccccc2F)N1C. The van der Waals surface area contributed by atoms with E-state index in [1.165, 1.54) is 6.07 Å². The molecule has 0 saturated carbocycles. The highest BCUT2D eigenvalue weighted by Gasteiger charge is 2.40. The van der Waals surface area contributed by atoms with Crippen molar-refractivity contribution in [2.75, 3.05) is 13.7 Å². The molecular weight excluding hydrogens is 394 g/mol. The number of hydrogen-bond donors (Lipinski definition) is 0. The van der Waals surface area contributed by atoms with Gasteiger partial charge in [-0.25, -0.2) is 14.1 Å². The van der Waals surface area contributed by atoms with Crippen molar-refractivity contribution in [3.05, 3.63) is 71.7 Å². The van der Waals surface area contributed by atoms with Crippen molar-refractivity contribution in [3.8, 4) is 5.69 Å². The van der Waals surface area contributed by atoms with Gasteiger partial charge in [-0.15, -0.1) is 0 Å². The van der Waals surface area contributed by atoms with Crippen LogP contribution >= 0.6 is 6.42 Å². The van der Waals surface area contributed by atoms with E-state index in [1.807, 2.05) is 55.9 Å². The third-order valence-corrected chi connectivity index (χ3v) is 8.90. The zero-order chi connectivity index (χ0) is 19.9. The molecule has 0 amide bonds. The van der Waals surface area contributed by atoms with Crippen LogP contribution in [0.5, 0.6) is 0 Å². The standard InChI is InChI=1S/C20H20FN4OPS/c1-4-26-27(28)18-14(2)23-25(15-10-6-5-7-11-15)20(18)22-19(24(27)3)16-12-8-9-13-17(16)21/h5-13H,4H2,1-3H3. The van der Waals surface area contributed by atoms with Crippen LogP contribution in [0.4, 0.5) is 10.2 Å². The second-order valence-electron chi connectivity index (χ2n) is 6.38. The molecule has 1 aliphatic rings. The minimum atomic E-state index is -2.69. The lowest BCUT2D eigenvalue weighted by Crippen LogP contribution is -2.35. The number of aryl methyl sites for hydroxylation is 1. The van der Waals surface area contributed by atoms with Gasteiger partial charge >= 0.3 is 0 Å². The third-order valence-electron chi connectivity index (χ3n) is 4.62. The first kappa shape index (κ1) is 19.0. The van der Waals surface area contributed by atoms with E-state index < -0.39 is 6.42 Å². The van der Waals surface area contributed by atoms with Gasteiger partial charge in [0.15, 0.2) is 12.2 Å². The molecule has 1 unspecified atom stereocenters. The maximum Gasteiger partial charge on any atom is 0.192 e. The number of aliphatic imine (C=N–C) groups is 1. The van der Waals surface area contributed by atoms with Crippen LogP contribution < -0.4 is 5.30 Å². The molecule has 8 heteroatoms. The van der Waals surface area contributed by atoms with Gasteiger partial charge in [0.2, 0.25) is 0 Å². The number of halogens is 1. The summed E-state index contributed by atoms with van der Waals surface area (Å²) in [4.78, 5) is 4.82. The van der Waals surface area contributed by atoms with Crippen LogP contribution in [-0.4, -0.2) is 33.9 Å². The molecule has 5 nitrogen and oxygen atoms in total. The van der Waals surface area contributed by atoms with Crippen molar-refractivity contribution in [1.29, 1.82) is 0 Å². The molecule has 3 aromatic rings. The predicted molar refractivity (Wildman–Crippen MR) is 114 cm³/mol. The summed E-state index contributed by atoms with van der Waals surface area (Å²) in [5.74, 6) is 0.716. The smallest absolute Gasteiger partial charge is 0.192 e. The second kappa shape index (κ2) is 7.24. The highest BCUT2D eigenvalue weighted by atomic mass is 32.4. The lowest BCUT2D eigenvalue weighted by molar-refractivity contribution is 0.362. The Bertz CT molecular complexity index is 1110. The molecule has 0 saturated heterocycles. The molecule has 144 valence electrons. The monoisotopic (exact) mass is 414 g/mol. The van der Waals surface area contributed by atoms with Crippen molar-refractivity contribution in [2.24, 2.45) is 4.99 Å². The Morgan fingerprint density at radius 3 is 2.46 bits per heavy atom. The normalized spacial score (nSPS) is 18.7. The van der Waals surface area contributed by atoms with Crippen molar-refractivity contribution >= 4 is 35.2 Å². The number of rotatable bonds is 4. The first-order valence-corrected chi connectivity index (χ1v) is 11.6. The lowest BCUT2D eigenvalue weighted by Gasteiger charge is -2.36. The Labute approximate surface area is 168 Å². The number of fused-ring (bicyclic) bond motifs is 1. The van der Waals surface area contributed by atoms with Gasteiger partial charge in [0.05, 0.1) is 28.9 Å². The van der Waals surface area contributed by atoms with Crippen LogP contribution in [0.25, 0.3) is 5.69 Å². The van der Waals surface area contributed by atoms with Gasteiger partial charge in [0.25, 0.3) is 0 Å². The fourth-order valence-electron chi connectivity index (χ4n) is 3.34. The topological polar surface area (TPSA) is 42.6 Å². The lowest BCUT2D eigenvalue weighted by atomic mass is 10.2. The average molecular weight is 414 g/mol. The molecule has 0 spiro atoms. The minimum Gasteiger partial charge on any atom is -0.331 e. The molecule has 1 aromatic heterocycles. The second-order valence-corrected chi connectivity index (χ2v) is 10.2. The Kier molecular flexibility index (Phi) is 4.91. The van der Waals surface area contributed by atoms with Gasteiger partial charge in [-0.05, 0) is 49.9 Å². The summed E-state index contributed by atoms with van der Waals surface area (Å²) in [5, 5.41) is 5.51. The van der Waals surface area contributed by atoms with Crippen LogP contribution in [0.1, 0.15) is 18.2 Å². The van der Waals surface area contributed by atoms with Gasteiger partial charge in [-0.3, -0.25) is 0 Å². The first-order valence-electron chi connectivity index (χ1n) is 8.95. The van der Waals surface area contributed by atoms with E-state index in [4.69, 9.17) is 26.4 Å². The highest BCUT2D eigenvalue weighted by Crippen LogP contribution is 2.55. The van der Waals surface area contributed by atoms with E-state index in [-0.39, 0.29) is 5.82 Å². The van der Waals surface area contributed by atoms with Gasteiger partial charge in [0, 0.05) is 7.05 Å². The molecule has 1 atom stereocenters. The average Bonchev–Trinajstić information content (AvgIpc) is 3.03. The molecule has 4 rings (SSSR count). The molecule has 0 radical (unpaired) electrons. The third kappa shape index (κ3) is 2.91. The molecule has 28 heavy (non-hydrogen) atoms. The van der Waals surface area contributed by atoms with Gasteiger partial charge in [-0.2, -0.15) is 5.10 Å². The van der Waals surface area contributed by atoms with Crippen LogP contribution in [0.3, 0.4) is 0 Å². The summed E-state index contributed by atoms with van der Waals surface area (Å²) >= 11 is 6.06. The Balaban J connectivity index is 2.03. The van der Waals surface area contributed by atoms with Crippen molar-refractivity contribution in [1.82, 2.24) is 14.5 Å². The van der Waals surface area contributed by atoms with E-state index in [9.17, 15) is 4.39 Å². The zero-order valence-electron chi connectivity index (χ0n) is 15.8. The molecule has 0 bridgehead atoms. The molecule has 2 heterocycles. The molecular formula is C20H20FN4OPS. The number of para-hydroxylation sites is 1. The predicted octanol–water partition coefficient (Wildman–Crippen LogP) is 4.31. The van der Waals surface area contributed by atoms with Crippen LogP contribution in [-0.2, 0) is 16.3 Å². The number of amidine groups is 1. The fourth-order valence-corrected chi connectivity index (χ4v) is 6.73. The number of hydrogen-bond acceptors (Lipinski definition) is 4. The zero-order valence-corrected chi connectivity index (χ0v) is 17.5. The maximum atomic E-state index is 14.6. The summed E-state index contributed by atoms with van der Waals surface area (Å²) in [6, 6.07) is 16.3. The molecule has 0 aliphatic carbocycles. The molecule has 0 fully saturated rings. The summed E-state index contributed by atoms with van der Waals surface area (Å²) in [5.41, 5.74) is 2.04. The van der Waals surface area contributed by atoms with Crippen molar-refractivity contribution < 1.29 is 8.91 Å². The van der Waals surface area contributed by atoms with E-state index in [1.54, 1.807) is 22.9 Å². The number of benzene rings is 2. The van der Waals surface area contributed by atoms with Crippen LogP contribution in [0.15, 0.2) is 59.6 Å². The summed E-state index contributed by atoms with van der Waals surface area (Å²) in [6.07, 6.45) is -2.69. The number of aromatic nitrogens is 2. The van der Waals surface area contributed by atoms with Crippen molar-refractivity contribution in [2.45, 2.75) is 13.8 Å². The minimum absolute atomic E-state index is 0.350. The van der Waals surface area contributed by atoms with E-state index in [2.05, 4.69) is 0 Å². The van der Waals surface area contributed by atoms with Gasteiger partial charge in [-0.1, -0.05) is 30.3 Å². The Morgan fingerprint density at radius 2 is 1.79 bits per heavy atom. The van der Waals surface area contributed by atoms with Gasteiger partial charge < -0.3 is 9.19 Å². The largest absolute Gasteiger partial charge is 0.331 e. The summed E-state index contributed by atoms with van der Waals surface area (Å²) in [7, 11) is 1.82. The quantitative estimate of drug-likeness (QED) is 0.597. The van der Waals surface area contributed by atoms with E-state index >= 15 is 0 Å². The van der Waals surface area contributed by atoms with Crippen molar-refractivity contribution in [3.63, 3.8) is 0 Å². The van der Waals surface area contributed by atoms with E-state index in [0.717, 1.165) is 16.7 Å². The Morgan fingerprint density at radius 1 is 1.11 bits per heavy atom. The van der Waals surface area contributed by atoms with Crippen LogP contribution in [0, 0.1) is 12.7 Å².